The van der Waals surface area contributed by atoms with Crippen LogP contribution in [0.4, 0.5) is 4.39 Å². The monoisotopic (exact) mass is 328 g/mol. The Labute approximate surface area is 116 Å². The molecule has 0 saturated heterocycles. The van der Waals surface area contributed by atoms with Crippen LogP contribution in [0.15, 0.2) is 40.9 Å². The van der Waals surface area contributed by atoms with Crippen molar-refractivity contribution in [1.29, 1.82) is 0 Å². The molecule has 0 radical (unpaired) electrons. The average Bonchev–Trinajstić information content (AvgIpc) is 2.34. The molecule has 2 rings (SSSR count). The molecule has 0 atom stereocenters. The summed E-state index contributed by atoms with van der Waals surface area (Å²) in [5, 5.41) is 0.182. The summed E-state index contributed by atoms with van der Waals surface area (Å²) in [5.74, 6) is 0.412. The van der Waals surface area contributed by atoms with Crippen molar-refractivity contribution >= 4 is 33.8 Å². The Hall–Kier alpha value is -1.39. The number of ether oxygens (including phenoxy) is 1. The van der Waals surface area contributed by atoms with E-state index in [2.05, 4.69) is 15.9 Å². The maximum Gasteiger partial charge on any atom is 0.150 e. The molecule has 0 N–H and O–H groups in total. The van der Waals surface area contributed by atoms with E-state index in [0.29, 0.717) is 21.5 Å². The number of hydrogen-bond donors (Lipinski definition) is 0. The van der Waals surface area contributed by atoms with Gasteiger partial charge in [0.15, 0.2) is 0 Å². The second-order valence-corrected chi connectivity index (χ2v) is 4.75. The summed E-state index contributed by atoms with van der Waals surface area (Å²) in [6, 6.07) is 8.75. The summed E-state index contributed by atoms with van der Waals surface area (Å²) in [6.07, 6.45) is 0.736. The third-order valence-electron chi connectivity index (χ3n) is 2.21. The number of aldehydes is 1. The Morgan fingerprint density at radius 3 is 2.50 bits per heavy atom. The summed E-state index contributed by atoms with van der Waals surface area (Å²) in [5.41, 5.74) is 0.527. The lowest BCUT2D eigenvalue weighted by Gasteiger charge is -2.09. The highest BCUT2D eigenvalue weighted by Gasteiger charge is 2.08. The Balaban J connectivity index is 2.31. The van der Waals surface area contributed by atoms with Gasteiger partial charge in [-0.3, -0.25) is 4.79 Å². The Kier molecular flexibility index (Phi) is 3.99. The molecule has 0 aromatic heterocycles. The van der Waals surface area contributed by atoms with Gasteiger partial charge in [-0.2, -0.15) is 0 Å². The normalized spacial score (nSPS) is 10.2. The van der Waals surface area contributed by atoms with Crippen LogP contribution >= 0.6 is 27.5 Å². The highest BCUT2D eigenvalue weighted by molar-refractivity contribution is 9.10. The predicted molar refractivity (Wildman–Crippen MR) is 71.0 cm³/mol. The SMILES string of the molecule is O=Cc1ccc(Oc2ccc(F)cc2Cl)c(Br)c1. The molecular weight excluding hydrogens is 322 g/mol. The summed E-state index contributed by atoms with van der Waals surface area (Å²) in [7, 11) is 0. The first-order chi connectivity index (χ1) is 8.60. The number of carbonyl (C=O) groups is 1. The van der Waals surface area contributed by atoms with Crippen LogP contribution in [-0.4, -0.2) is 6.29 Å². The van der Waals surface area contributed by atoms with Crippen molar-refractivity contribution in [2.75, 3.05) is 0 Å². The van der Waals surface area contributed by atoms with E-state index in [1.165, 1.54) is 18.2 Å². The highest BCUT2D eigenvalue weighted by Crippen LogP contribution is 2.34. The summed E-state index contributed by atoms with van der Waals surface area (Å²) < 4.78 is 19.0. The minimum absolute atomic E-state index is 0.182. The van der Waals surface area contributed by atoms with Gasteiger partial charge in [-0.1, -0.05) is 11.6 Å². The molecule has 0 amide bonds. The van der Waals surface area contributed by atoms with Crippen LogP contribution in [0.25, 0.3) is 0 Å². The molecule has 0 aliphatic rings. The van der Waals surface area contributed by atoms with Crippen molar-refractivity contribution in [2.45, 2.75) is 0 Å². The van der Waals surface area contributed by atoms with Gasteiger partial charge < -0.3 is 4.74 Å². The number of hydrogen-bond acceptors (Lipinski definition) is 2. The molecule has 0 saturated carbocycles. The minimum atomic E-state index is -0.428. The molecule has 0 aliphatic carbocycles. The second kappa shape index (κ2) is 5.50. The summed E-state index contributed by atoms with van der Waals surface area (Å²) >= 11 is 9.14. The van der Waals surface area contributed by atoms with Crippen molar-refractivity contribution in [3.05, 3.63) is 57.3 Å². The van der Waals surface area contributed by atoms with E-state index in [-0.39, 0.29) is 5.02 Å². The van der Waals surface area contributed by atoms with E-state index in [0.717, 1.165) is 6.29 Å². The van der Waals surface area contributed by atoms with E-state index < -0.39 is 5.82 Å². The van der Waals surface area contributed by atoms with Crippen LogP contribution in [0.5, 0.6) is 11.5 Å². The maximum atomic E-state index is 12.9. The Bertz CT molecular complexity index is 602. The number of carbonyl (C=O) groups excluding carboxylic acids is 1. The predicted octanol–water partition coefficient (Wildman–Crippen LogP) is 4.85. The zero-order chi connectivity index (χ0) is 13.1. The fraction of sp³-hybridized carbons (Fsp3) is 0. The first-order valence-corrected chi connectivity index (χ1v) is 6.15. The smallest absolute Gasteiger partial charge is 0.150 e. The molecule has 0 spiro atoms. The maximum absolute atomic E-state index is 12.9. The van der Waals surface area contributed by atoms with Gasteiger partial charge in [-0.15, -0.1) is 0 Å². The molecule has 92 valence electrons. The van der Waals surface area contributed by atoms with Crippen molar-refractivity contribution < 1.29 is 13.9 Å². The zero-order valence-electron chi connectivity index (χ0n) is 8.99. The van der Waals surface area contributed by atoms with E-state index in [4.69, 9.17) is 16.3 Å². The zero-order valence-corrected chi connectivity index (χ0v) is 11.3. The molecule has 2 aromatic rings. The number of halogens is 3. The van der Waals surface area contributed by atoms with Gasteiger partial charge in [0, 0.05) is 5.56 Å². The van der Waals surface area contributed by atoms with Gasteiger partial charge in [0.25, 0.3) is 0 Å². The third kappa shape index (κ3) is 2.89. The van der Waals surface area contributed by atoms with Gasteiger partial charge >= 0.3 is 0 Å². The fourth-order valence-electron chi connectivity index (χ4n) is 1.35. The Morgan fingerprint density at radius 1 is 1.17 bits per heavy atom. The van der Waals surface area contributed by atoms with Gasteiger partial charge in [0.05, 0.1) is 9.50 Å². The topological polar surface area (TPSA) is 26.3 Å². The molecular formula is C13H7BrClFO2. The van der Waals surface area contributed by atoms with Gasteiger partial charge in [0.2, 0.25) is 0 Å². The molecule has 18 heavy (non-hydrogen) atoms. The van der Waals surface area contributed by atoms with Crippen LogP contribution in [-0.2, 0) is 0 Å². The highest BCUT2D eigenvalue weighted by atomic mass is 79.9. The van der Waals surface area contributed by atoms with Crippen LogP contribution in [0.3, 0.4) is 0 Å². The molecule has 2 nitrogen and oxygen atoms in total. The van der Waals surface area contributed by atoms with Gasteiger partial charge in [-0.05, 0) is 52.3 Å². The first kappa shape index (κ1) is 13.1. The lowest BCUT2D eigenvalue weighted by atomic mass is 10.2. The minimum Gasteiger partial charge on any atom is -0.455 e. The lowest BCUT2D eigenvalue weighted by Crippen LogP contribution is -1.89. The molecule has 0 fully saturated rings. The van der Waals surface area contributed by atoms with E-state index in [1.54, 1.807) is 18.2 Å². The fourth-order valence-corrected chi connectivity index (χ4v) is 2.03. The van der Waals surface area contributed by atoms with E-state index >= 15 is 0 Å². The van der Waals surface area contributed by atoms with Gasteiger partial charge in [0.1, 0.15) is 23.6 Å². The summed E-state index contributed by atoms with van der Waals surface area (Å²) in [6.45, 7) is 0. The van der Waals surface area contributed by atoms with Crippen LogP contribution in [0.1, 0.15) is 10.4 Å². The van der Waals surface area contributed by atoms with Crippen LogP contribution in [0, 0.1) is 5.82 Å². The van der Waals surface area contributed by atoms with Crippen LogP contribution < -0.4 is 4.74 Å². The largest absolute Gasteiger partial charge is 0.455 e. The van der Waals surface area contributed by atoms with Crippen molar-refractivity contribution in [2.24, 2.45) is 0 Å². The first-order valence-electron chi connectivity index (χ1n) is 4.98. The average molecular weight is 330 g/mol. The Morgan fingerprint density at radius 2 is 1.89 bits per heavy atom. The van der Waals surface area contributed by atoms with Crippen molar-refractivity contribution in [3.8, 4) is 11.5 Å². The van der Waals surface area contributed by atoms with Crippen molar-refractivity contribution in [3.63, 3.8) is 0 Å². The standard InChI is InChI=1S/C13H7BrClFO2/c14-10-5-8(7-17)1-3-12(10)18-13-4-2-9(16)6-11(13)15/h1-7H. The molecule has 0 heterocycles. The number of benzene rings is 2. The van der Waals surface area contributed by atoms with E-state index in [1.807, 2.05) is 0 Å². The lowest BCUT2D eigenvalue weighted by molar-refractivity contribution is 0.112. The van der Waals surface area contributed by atoms with E-state index in [9.17, 15) is 9.18 Å². The molecule has 0 bridgehead atoms. The molecule has 2 aromatic carbocycles. The van der Waals surface area contributed by atoms with Crippen LogP contribution in [0.2, 0.25) is 5.02 Å². The second-order valence-electron chi connectivity index (χ2n) is 3.48. The third-order valence-corrected chi connectivity index (χ3v) is 3.12. The quantitative estimate of drug-likeness (QED) is 0.753. The van der Waals surface area contributed by atoms with Crippen molar-refractivity contribution in [1.82, 2.24) is 0 Å². The number of rotatable bonds is 3. The van der Waals surface area contributed by atoms with Gasteiger partial charge in [-0.25, -0.2) is 4.39 Å². The summed E-state index contributed by atoms with van der Waals surface area (Å²) in [4.78, 5) is 10.6. The molecule has 0 aliphatic heterocycles. The molecule has 0 unspecified atom stereocenters. The molecule has 5 heteroatoms.